The normalized spacial score (nSPS) is 10.3. The number of rotatable bonds is 2. The van der Waals surface area contributed by atoms with Crippen molar-refractivity contribution in [2.24, 2.45) is 0 Å². The number of thiazole rings is 1. The zero-order chi connectivity index (χ0) is 12.4. The Hall–Kier alpha value is -1.20. The van der Waals surface area contributed by atoms with Crippen LogP contribution in [0.1, 0.15) is 21.1 Å². The highest BCUT2D eigenvalue weighted by Crippen LogP contribution is 2.26. The van der Waals surface area contributed by atoms with E-state index in [0.29, 0.717) is 11.4 Å². The second-order valence-corrected chi connectivity index (χ2v) is 5.49. The van der Waals surface area contributed by atoms with E-state index in [0.717, 1.165) is 15.0 Å². The minimum absolute atomic E-state index is 0.347. The summed E-state index contributed by atoms with van der Waals surface area (Å²) in [7, 11) is 0. The Balaban J connectivity index is 2.18. The minimum Gasteiger partial charge on any atom is -0.421 e. The number of esters is 1. The van der Waals surface area contributed by atoms with Gasteiger partial charge in [0, 0.05) is 5.38 Å². The molecule has 0 fully saturated rings. The number of carbonyl (C=O) groups excluding carboxylic acids is 1. The van der Waals surface area contributed by atoms with Crippen LogP contribution in [0.4, 0.5) is 0 Å². The first-order valence-electron chi connectivity index (χ1n) is 4.97. The van der Waals surface area contributed by atoms with Gasteiger partial charge in [0.05, 0.1) is 9.48 Å². The molecule has 0 amide bonds. The van der Waals surface area contributed by atoms with E-state index < -0.39 is 5.97 Å². The van der Waals surface area contributed by atoms with Crippen molar-refractivity contribution in [2.45, 2.75) is 13.8 Å². The van der Waals surface area contributed by atoms with E-state index in [1.165, 1.54) is 11.3 Å². The van der Waals surface area contributed by atoms with Gasteiger partial charge in [-0.05, 0) is 47.5 Å². The molecule has 1 aromatic carbocycles. The molecule has 0 unspecified atom stereocenters. The van der Waals surface area contributed by atoms with Crippen LogP contribution in [0.25, 0.3) is 0 Å². The third-order valence-electron chi connectivity index (χ3n) is 2.12. The summed E-state index contributed by atoms with van der Waals surface area (Å²) in [6.07, 6.45) is 0. The third-order valence-corrected chi connectivity index (χ3v) is 3.51. The number of hydrogen-bond donors (Lipinski definition) is 0. The first-order valence-corrected chi connectivity index (χ1v) is 6.64. The van der Waals surface area contributed by atoms with Crippen molar-refractivity contribution >= 4 is 33.2 Å². The first kappa shape index (κ1) is 12.3. The number of hydrogen-bond acceptors (Lipinski definition) is 4. The van der Waals surface area contributed by atoms with Gasteiger partial charge < -0.3 is 4.74 Å². The van der Waals surface area contributed by atoms with Crippen LogP contribution in [0.2, 0.25) is 0 Å². The molecular formula is C12H10BrNO2S. The van der Waals surface area contributed by atoms with Crippen molar-refractivity contribution in [3.8, 4) is 5.75 Å². The Morgan fingerprint density at radius 3 is 2.76 bits per heavy atom. The lowest BCUT2D eigenvalue weighted by Gasteiger charge is -2.05. The van der Waals surface area contributed by atoms with Crippen LogP contribution >= 0.6 is 27.3 Å². The van der Waals surface area contributed by atoms with Crippen molar-refractivity contribution in [2.75, 3.05) is 0 Å². The van der Waals surface area contributed by atoms with Crippen LogP contribution in [-0.2, 0) is 0 Å². The van der Waals surface area contributed by atoms with Crippen molar-refractivity contribution in [1.29, 1.82) is 0 Å². The highest BCUT2D eigenvalue weighted by atomic mass is 79.9. The molecule has 88 valence electrons. The average molecular weight is 312 g/mol. The molecule has 0 bridgehead atoms. The molecule has 0 N–H and O–H groups in total. The highest BCUT2D eigenvalue weighted by molar-refractivity contribution is 9.10. The maximum atomic E-state index is 11.8. The fraction of sp³-hybridized carbons (Fsp3) is 0.167. The van der Waals surface area contributed by atoms with Crippen molar-refractivity contribution < 1.29 is 9.53 Å². The van der Waals surface area contributed by atoms with Crippen LogP contribution in [0.15, 0.2) is 28.1 Å². The van der Waals surface area contributed by atoms with Gasteiger partial charge in [0.2, 0.25) is 0 Å². The smallest absolute Gasteiger partial charge is 0.363 e. The number of benzene rings is 1. The number of carbonyl (C=O) groups is 1. The van der Waals surface area contributed by atoms with Crippen molar-refractivity contribution in [3.05, 3.63) is 44.3 Å². The lowest BCUT2D eigenvalue weighted by Crippen LogP contribution is -2.09. The molecule has 0 radical (unpaired) electrons. The Morgan fingerprint density at radius 1 is 1.41 bits per heavy atom. The Kier molecular flexibility index (Phi) is 3.59. The second-order valence-electron chi connectivity index (χ2n) is 3.58. The summed E-state index contributed by atoms with van der Waals surface area (Å²) in [5.74, 6) is 0.0742. The average Bonchev–Trinajstić information content (AvgIpc) is 2.69. The lowest BCUT2D eigenvalue weighted by molar-refractivity contribution is 0.0728. The van der Waals surface area contributed by atoms with Gasteiger partial charge in [-0.2, -0.15) is 0 Å². The van der Waals surface area contributed by atoms with Gasteiger partial charge in [0.25, 0.3) is 0 Å². The fourth-order valence-corrected chi connectivity index (χ4v) is 2.45. The lowest BCUT2D eigenvalue weighted by atomic mass is 10.2. The molecule has 0 spiro atoms. The summed E-state index contributed by atoms with van der Waals surface area (Å²) in [6, 6.07) is 5.55. The second kappa shape index (κ2) is 4.98. The van der Waals surface area contributed by atoms with E-state index in [-0.39, 0.29) is 0 Å². The summed E-state index contributed by atoms with van der Waals surface area (Å²) in [6.45, 7) is 3.82. The molecule has 1 aromatic heterocycles. The summed E-state index contributed by atoms with van der Waals surface area (Å²) < 4.78 is 6.02. The Morgan fingerprint density at radius 2 is 2.18 bits per heavy atom. The SMILES string of the molecule is Cc1ccc(OC(=O)c2csc(C)n2)c(Br)c1. The van der Waals surface area contributed by atoms with E-state index >= 15 is 0 Å². The number of aryl methyl sites for hydroxylation is 2. The summed E-state index contributed by atoms with van der Waals surface area (Å²) >= 11 is 4.78. The van der Waals surface area contributed by atoms with E-state index in [9.17, 15) is 4.79 Å². The molecule has 3 nitrogen and oxygen atoms in total. The van der Waals surface area contributed by atoms with Gasteiger partial charge in [0.1, 0.15) is 5.75 Å². The molecule has 2 aromatic rings. The van der Waals surface area contributed by atoms with Gasteiger partial charge >= 0.3 is 5.97 Å². The number of nitrogens with zero attached hydrogens (tertiary/aromatic N) is 1. The number of aromatic nitrogens is 1. The van der Waals surface area contributed by atoms with E-state index in [1.807, 2.05) is 26.0 Å². The summed E-state index contributed by atoms with van der Waals surface area (Å²) in [5.41, 5.74) is 1.45. The first-order chi connectivity index (χ1) is 8.06. The molecule has 17 heavy (non-hydrogen) atoms. The van der Waals surface area contributed by atoms with Crippen LogP contribution in [0, 0.1) is 13.8 Å². The zero-order valence-corrected chi connectivity index (χ0v) is 11.8. The molecule has 0 atom stereocenters. The monoisotopic (exact) mass is 311 g/mol. The molecular weight excluding hydrogens is 302 g/mol. The molecule has 0 aliphatic heterocycles. The molecule has 0 saturated carbocycles. The molecule has 1 heterocycles. The minimum atomic E-state index is -0.432. The van der Waals surface area contributed by atoms with Crippen LogP contribution < -0.4 is 4.74 Å². The number of halogens is 1. The molecule has 2 rings (SSSR count). The van der Waals surface area contributed by atoms with Gasteiger partial charge in [-0.3, -0.25) is 0 Å². The van der Waals surface area contributed by atoms with Gasteiger partial charge in [0.15, 0.2) is 5.69 Å². The summed E-state index contributed by atoms with van der Waals surface area (Å²) in [4.78, 5) is 15.8. The topological polar surface area (TPSA) is 39.2 Å². The predicted octanol–water partition coefficient (Wildman–Crippen LogP) is 3.74. The molecule has 0 saturated heterocycles. The molecule has 5 heteroatoms. The standard InChI is InChI=1S/C12H10BrNO2S/c1-7-3-4-11(9(13)5-7)16-12(15)10-6-17-8(2)14-10/h3-6H,1-2H3. The predicted molar refractivity (Wildman–Crippen MR) is 70.7 cm³/mol. The van der Waals surface area contributed by atoms with Crippen molar-refractivity contribution in [1.82, 2.24) is 4.98 Å². The van der Waals surface area contributed by atoms with Crippen LogP contribution in [0.3, 0.4) is 0 Å². The third kappa shape index (κ3) is 2.92. The summed E-state index contributed by atoms with van der Waals surface area (Å²) in [5, 5.41) is 2.54. The number of ether oxygens (including phenoxy) is 1. The van der Waals surface area contributed by atoms with Gasteiger partial charge in [-0.25, -0.2) is 9.78 Å². The maximum absolute atomic E-state index is 11.8. The largest absolute Gasteiger partial charge is 0.421 e. The van der Waals surface area contributed by atoms with Gasteiger partial charge in [-0.1, -0.05) is 6.07 Å². The van der Waals surface area contributed by atoms with E-state index in [2.05, 4.69) is 20.9 Å². The van der Waals surface area contributed by atoms with Crippen LogP contribution in [-0.4, -0.2) is 11.0 Å². The highest BCUT2D eigenvalue weighted by Gasteiger charge is 2.13. The van der Waals surface area contributed by atoms with E-state index in [1.54, 1.807) is 11.4 Å². The zero-order valence-electron chi connectivity index (χ0n) is 9.36. The Bertz CT molecular complexity index is 565. The quantitative estimate of drug-likeness (QED) is 0.626. The molecule has 0 aliphatic carbocycles. The molecule has 0 aliphatic rings. The van der Waals surface area contributed by atoms with E-state index in [4.69, 9.17) is 4.74 Å². The Labute approximate surface area is 112 Å². The van der Waals surface area contributed by atoms with Crippen LogP contribution in [0.5, 0.6) is 5.75 Å². The fourth-order valence-electron chi connectivity index (χ4n) is 1.30. The van der Waals surface area contributed by atoms with Crippen molar-refractivity contribution in [3.63, 3.8) is 0 Å². The maximum Gasteiger partial charge on any atom is 0.363 e. The van der Waals surface area contributed by atoms with Gasteiger partial charge in [-0.15, -0.1) is 11.3 Å².